The highest BCUT2D eigenvalue weighted by atomic mass is 35.5. The highest BCUT2D eigenvalue weighted by molar-refractivity contribution is 6.30. The van der Waals surface area contributed by atoms with Crippen LogP contribution in [-0.2, 0) is 11.2 Å². The highest BCUT2D eigenvalue weighted by Crippen LogP contribution is 2.17. The Bertz CT molecular complexity index is 340. The Morgan fingerprint density at radius 3 is 2.88 bits per heavy atom. The summed E-state index contributed by atoms with van der Waals surface area (Å²) in [5, 5.41) is 3.88. The van der Waals surface area contributed by atoms with Gasteiger partial charge in [-0.1, -0.05) is 18.5 Å². The van der Waals surface area contributed by atoms with Crippen molar-refractivity contribution in [1.29, 1.82) is 0 Å². The smallest absolute Gasteiger partial charge is 0.126 e. The Balaban J connectivity index is 2.55. The lowest BCUT2D eigenvalue weighted by molar-refractivity contribution is 0.163. The summed E-state index contributed by atoms with van der Waals surface area (Å²) in [7, 11) is 1.67. The van der Waals surface area contributed by atoms with Crippen LogP contribution in [-0.4, -0.2) is 26.3 Å². The normalized spacial score (nSPS) is 12.7. The molecule has 1 unspecified atom stereocenters. The molecule has 2 nitrogen and oxygen atoms in total. The van der Waals surface area contributed by atoms with Crippen LogP contribution in [0.2, 0.25) is 5.02 Å². The lowest BCUT2D eigenvalue weighted by Gasteiger charge is -2.16. The molecule has 96 valence electrons. The van der Waals surface area contributed by atoms with Crippen LogP contribution in [0.3, 0.4) is 0 Å². The van der Waals surface area contributed by atoms with E-state index >= 15 is 0 Å². The van der Waals surface area contributed by atoms with E-state index < -0.39 is 0 Å². The fraction of sp³-hybridized carbons (Fsp3) is 0.538. The Morgan fingerprint density at radius 2 is 2.24 bits per heavy atom. The SMILES string of the molecule is CCNC(CCc1cc(Cl)ccc1F)COC. The van der Waals surface area contributed by atoms with Crippen LogP contribution >= 0.6 is 11.6 Å². The molecule has 1 aromatic carbocycles. The predicted molar refractivity (Wildman–Crippen MR) is 69.1 cm³/mol. The number of benzene rings is 1. The van der Waals surface area contributed by atoms with Crippen LogP contribution in [0.15, 0.2) is 18.2 Å². The lowest BCUT2D eigenvalue weighted by Crippen LogP contribution is -2.33. The third kappa shape index (κ3) is 5.02. The largest absolute Gasteiger partial charge is 0.383 e. The van der Waals surface area contributed by atoms with E-state index in [1.165, 1.54) is 6.07 Å². The second-order valence-electron chi connectivity index (χ2n) is 3.98. The second kappa shape index (κ2) is 7.64. The van der Waals surface area contributed by atoms with Gasteiger partial charge in [-0.05, 0) is 43.1 Å². The summed E-state index contributed by atoms with van der Waals surface area (Å²) in [5.74, 6) is -0.193. The van der Waals surface area contributed by atoms with Crippen LogP contribution < -0.4 is 5.32 Å². The Morgan fingerprint density at radius 1 is 1.47 bits per heavy atom. The molecular formula is C13H19ClFNO. The van der Waals surface area contributed by atoms with E-state index in [0.717, 1.165) is 13.0 Å². The number of rotatable bonds is 7. The number of ether oxygens (including phenoxy) is 1. The summed E-state index contributed by atoms with van der Waals surface area (Å²) in [6.07, 6.45) is 1.49. The van der Waals surface area contributed by atoms with Crippen LogP contribution in [0.4, 0.5) is 4.39 Å². The molecule has 1 rings (SSSR count). The standard InChI is InChI=1S/C13H19ClFNO/c1-3-16-12(9-17-2)6-4-10-8-11(14)5-7-13(10)15/h5,7-8,12,16H,3-4,6,9H2,1-2H3. The van der Waals surface area contributed by atoms with Crippen molar-refractivity contribution in [3.8, 4) is 0 Å². The summed E-state index contributed by atoms with van der Waals surface area (Å²) in [6.45, 7) is 3.56. The molecule has 1 N–H and O–H groups in total. The summed E-state index contributed by atoms with van der Waals surface area (Å²) < 4.78 is 18.6. The van der Waals surface area contributed by atoms with Crippen molar-refractivity contribution in [2.45, 2.75) is 25.8 Å². The molecule has 4 heteroatoms. The van der Waals surface area contributed by atoms with Crippen molar-refractivity contribution in [2.24, 2.45) is 0 Å². The van der Waals surface area contributed by atoms with E-state index in [1.807, 2.05) is 6.92 Å². The Hall–Kier alpha value is -0.640. The average Bonchev–Trinajstić information content (AvgIpc) is 2.30. The van der Waals surface area contributed by atoms with Gasteiger partial charge in [-0.25, -0.2) is 4.39 Å². The molecule has 0 aliphatic rings. The molecule has 0 saturated carbocycles. The highest BCUT2D eigenvalue weighted by Gasteiger charge is 2.09. The quantitative estimate of drug-likeness (QED) is 0.813. The molecule has 17 heavy (non-hydrogen) atoms. The molecule has 0 fully saturated rings. The molecule has 0 aliphatic heterocycles. The first-order valence-corrected chi connectivity index (χ1v) is 6.21. The van der Waals surface area contributed by atoms with Crippen LogP contribution in [0.1, 0.15) is 18.9 Å². The minimum absolute atomic E-state index is 0.193. The van der Waals surface area contributed by atoms with Crippen LogP contribution in [0.5, 0.6) is 0 Å². The summed E-state index contributed by atoms with van der Waals surface area (Å²) in [4.78, 5) is 0. The first-order chi connectivity index (χ1) is 8.17. The van der Waals surface area contributed by atoms with Crippen molar-refractivity contribution in [3.63, 3.8) is 0 Å². The van der Waals surface area contributed by atoms with E-state index in [1.54, 1.807) is 19.2 Å². The van der Waals surface area contributed by atoms with Gasteiger partial charge >= 0.3 is 0 Å². The zero-order valence-electron chi connectivity index (χ0n) is 10.3. The molecule has 0 spiro atoms. The van der Waals surface area contributed by atoms with Gasteiger partial charge in [0, 0.05) is 18.2 Å². The minimum atomic E-state index is -0.193. The van der Waals surface area contributed by atoms with Crippen molar-refractivity contribution < 1.29 is 9.13 Å². The van der Waals surface area contributed by atoms with Gasteiger partial charge in [0.05, 0.1) is 6.61 Å². The van der Waals surface area contributed by atoms with Gasteiger partial charge in [-0.15, -0.1) is 0 Å². The van der Waals surface area contributed by atoms with E-state index in [-0.39, 0.29) is 11.9 Å². The topological polar surface area (TPSA) is 21.3 Å². The van der Waals surface area contributed by atoms with Crippen molar-refractivity contribution in [3.05, 3.63) is 34.6 Å². The summed E-state index contributed by atoms with van der Waals surface area (Å²) in [6, 6.07) is 4.92. The van der Waals surface area contributed by atoms with Gasteiger partial charge in [0.1, 0.15) is 5.82 Å². The molecule has 1 aromatic rings. The Kier molecular flexibility index (Phi) is 6.48. The van der Waals surface area contributed by atoms with E-state index in [0.29, 0.717) is 23.6 Å². The molecule has 0 amide bonds. The van der Waals surface area contributed by atoms with Crippen molar-refractivity contribution in [1.82, 2.24) is 5.32 Å². The maximum atomic E-state index is 13.5. The summed E-state index contributed by atoms with van der Waals surface area (Å²) >= 11 is 5.85. The van der Waals surface area contributed by atoms with Gasteiger partial charge in [-0.2, -0.15) is 0 Å². The van der Waals surface area contributed by atoms with Gasteiger partial charge in [0.15, 0.2) is 0 Å². The maximum absolute atomic E-state index is 13.5. The maximum Gasteiger partial charge on any atom is 0.126 e. The molecular weight excluding hydrogens is 241 g/mol. The van der Waals surface area contributed by atoms with Crippen LogP contribution in [0, 0.1) is 5.82 Å². The molecule has 1 atom stereocenters. The number of nitrogens with one attached hydrogen (secondary N) is 1. The lowest BCUT2D eigenvalue weighted by atomic mass is 10.1. The van der Waals surface area contributed by atoms with Gasteiger partial charge in [0.25, 0.3) is 0 Å². The summed E-state index contributed by atoms with van der Waals surface area (Å²) in [5.41, 5.74) is 0.663. The fourth-order valence-corrected chi connectivity index (χ4v) is 1.99. The van der Waals surface area contributed by atoms with Gasteiger partial charge < -0.3 is 10.1 Å². The molecule has 0 aliphatic carbocycles. The number of hydrogen-bond acceptors (Lipinski definition) is 2. The van der Waals surface area contributed by atoms with Crippen LogP contribution in [0.25, 0.3) is 0 Å². The van der Waals surface area contributed by atoms with Crippen molar-refractivity contribution in [2.75, 3.05) is 20.3 Å². The van der Waals surface area contributed by atoms with E-state index in [2.05, 4.69) is 5.32 Å². The first kappa shape index (κ1) is 14.4. The second-order valence-corrected chi connectivity index (χ2v) is 4.42. The molecule has 0 saturated heterocycles. The minimum Gasteiger partial charge on any atom is -0.383 e. The number of halogens is 2. The molecule has 0 heterocycles. The third-order valence-electron chi connectivity index (χ3n) is 2.63. The van der Waals surface area contributed by atoms with E-state index in [9.17, 15) is 4.39 Å². The van der Waals surface area contributed by atoms with Gasteiger partial charge in [-0.3, -0.25) is 0 Å². The molecule has 0 radical (unpaired) electrons. The fourth-order valence-electron chi connectivity index (χ4n) is 1.80. The van der Waals surface area contributed by atoms with Crippen molar-refractivity contribution >= 4 is 11.6 Å². The van der Waals surface area contributed by atoms with E-state index in [4.69, 9.17) is 16.3 Å². The monoisotopic (exact) mass is 259 g/mol. The predicted octanol–water partition coefficient (Wildman–Crippen LogP) is 3.04. The first-order valence-electron chi connectivity index (χ1n) is 5.83. The third-order valence-corrected chi connectivity index (χ3v) is 2.87. The number of likely N-dealkylation sites (N-methyl/N-ethyl adjacent to an activating group) is 1. The zero-order chi connectivity index (χ0) is 12.7. The van der Waals surface area contributed by atoms with Gasteiger partial charge in [0.2, 0.25) is 0 Å². The zero-order valence-corrected chi connectivity index (χ0v) is 11.1. The Labute approximate surface area is 107 Å². The number of hydrogen-bond donors (Lipinski definition) is 1. The average molecular weight is 260 g/mol. The molecule has 0 bridgehead atoms. The number of aryl methyl sites for hydroxylation is 1. The number of methoxy groups -OCH3 is 1. The molecule has 0 aromatic heterocycles.